The third-order valence-corrected chi connectivity index (χ3v) is 4.85. The molecule has 1 atom stereocenters. The second kappa shape index (κ2) is 5.39. The zero-order valence-electron chi connectivity index (χ0n) is 13.1. The molecule has 3 aromatic rings. The van der Waals surface area contributed by atoms with Crippen molar-refractivity contribution in [1.82, 2.24) is 4.90 Å². The Hall–Kier alpha value is -2.33. The van der Waals surface area contributed by atoms with Crippen molar-refractivity contribution in [1.29, 1.82) is 0 Å². The van der Waals surface area contributed by atoms with Gasteiger partial charge in [-0.1, -0.05) is 36.4 Å². The Kier molecular flexibility index (Phi) is 3.34. The quantitative estimate of drug-likeness (QED) is 0.790. The molecular formula is C19H19NO3. The number of furan rings is 1. The van der Waals surface area contributed by atoms with E-state index in [-0.39, 0.29) is 18.4 Å². The Morgan fingerprint density at radius 1 is 1.26 bits per heavy atom. The Morgan fingerprint density at radius 2 is 2.09 bits per heavy atom. The van der Waals surface area contributed by atoms with Crippen LogP contribution in [0.3, 0.4) is 0 Å². The first kappa shape index (κ1) is 14.3. The SMILES string of the molecule is Cc1c(C(=O)N2CCC(CO)C2)oc2c1ccc1ccccc12. The van der Waals surface area contributed by atoms with Gasteiger partial charge in [0.2, 0.25) is 0 Å². The molecule has 4 heteroatoms. The van der Waals surface area contributed by atoms with Crippen molar-refractivity contribution in [2.45, 2.75) is 13.3 Å². The Morgan fingerprint density at radius 3 is 2.87 bits per heavy atom. The summed E-state index contributed by atoms with van der Waals surface area (Å²) in [6.45, 7) is 3.36. The highest BCUT2D eigenvalue weighted by atomic mass is 16.3. The third-order valence-electron chi connectivity index (χ3n) is 4.85. The van der Waals surface area contributed by atoms with E-state index < -0.39 is 0 Å². The van der Waals surface area contributed by atoms with Gasteiger partial charge in [-0.2, -0.15) is 0 Å². The van der Waals surface area contributed by atoms with Crippen LogP contribution in [0.4, 0.5) is 0 Å². The number of likely N-dealkylation sites (tertiary alicyclic amines) is 1. The zero-order chi connectivity index (χ0) is 16.0. The highest BCUT2D eigenvalue weighted by Gasteiger charge is 2.30. The molecule has 1 amide bonds. The molecule has 0 radical (unpaired) electrons. The van der Waals surface area contributed by atoms with Gasteiger partial charge in [0, 0.05) is 42.0 Å². The summed E-state index contributed by atoms with van der Waals surface area (Å²) < 4.78 is 6.00. The van der Waals surface area contributed by atoms with Crippen LogP contribution in [0.1, 0.15) is 22.5 Å². The molecule has 1 unspecified atom stereocenters. The van der Waals surface area contributed by atoms with Gasteiger partial charge >= 0.3 is 0 Å². The van der Waals surface area contributed by atoms with E-state index >= 15 is 0 Å². The van der Waals surface area contributed by atoms with Crippen molar-refractivity contribution < 1.29 is 14.3 Å². The fourth-order valence-corrected chi connectivity index (χ4v) is 3.46. The maximum absolute atomic E-state index is 12.8. The van der Waals surface area contributed by atoms with Gasteiger partial charge in [0.05, 0.1) is 0 Å². The fourth-order valence-electron chi connectivity index (χ4n) is 3.46. The topological polar surface area (TPSA) is 53.7 Å². The molecule has 1 N–H and O–H groups in total. The normalized spacial score (nSPS) is 18.2. The predicted octanol–water partition coefficient (Wildman–Crippen LogP) is 3.35. The number of carbonyl (C=O) groups excluding carboxylic acids is 1. The average Bonchev–Trinajstić information content (AvgIpc) is 3.19. The van der Waals surface area contributed by atoms with E-state index in [1.54, 1.807) is 4.90 Å². The minimum atomic E-state index is -0.0706. The summed E-state index contributed by atoms with van der Waals surface area (Å²) in [5.41, 5.74) is 1.67. The molecule has 1 aliphatic rings. The number of hydrogen-bond acceptors (Lipinski definition) is 3. The Labute approximate surface area is 134 Å². The van der Waals surface area contributed by atoms with Gasteiger partial charge in [0.1, 0.15) is 5.58 Å². The van der Waals surface area contributed by atoms with E-state index in [4.69, 9.17) is 4.42 Å². The van der Waals surface area contributed by atoms with Crippen LogP contribution < -0.4 is 0 Å². The van der Waals surface area contributed by atoms with Crippen LogP contribution in [0.2, 0.25) is 0 Å². The molecular weight excluding hydrogens is 290 g/mol. The lowest BCUT2D eigenvalue weighted by Crippen LogP contribution is -2.29. The first-order valence-corrected chi connectivity index (χ1v) is 8.00. The van der Waals surface area contributed by atoms with Crippen LogP contribution in [0, 0.1) is 12.8 Å². The number of fused-ring (bicyclic) bond motifs is 3. The summed E-state index contributed by atoms with van der Waals surface area (Å²) >= 11 is 0. The Bertz CT molecular complexity index is 896. The van der Waals surface area contributed by atoms with Crippen LogP contribution in [0.5, 0.6) is 0 Å². The first-order chi connectivity index (χ1) is 11.2. The molecule has 1 saturated heterocycles. The summed E-state index contributed by atoms with van der Waals surface area (Å²) in [7, 11) is 0. The largest absolute Gasteiger partial charge is 0.450 e. The van der Waals surface area contributed by atoms with Crippen LogP contribution >= 0.6 is 0 Å². The van der Waals surface area contributed by atoms with Gasteiger partial charge in [-0.15, -0.1) is 0 Å². The number of carbonyl (C=O) groups is 1. The van der Waals surface area contributed by atoms with E-state index in [1.807, 2.05) is 37.3 Å². The number of nitrogens with zero attached hydrogens (tertiary/aromatic N) is 1. The number of aryl methyl sites for hydroxylation is 1. The molecule has 23 heavy (non-hydrogen) atoms. The van der Waals surface area contributed by atoms with E-state index in [9.17, 15) is 9.90 Å². The van der Waals surface area contributed by atoms with Crippen LogP contribution in [-0.4, -0.2) is 35.6 Å². The molecule has 2 aromatic carbocycles. The standard InChI is InChI=1S/C19H19NO3/c1-12-15-7-6-14-4-2-3-5-16(14)18(15)23-17(12)19(22)20-9-8-13(10-20)11-21/h2-7,13,21H,8-11H2,1H3. The lowest BCUT2D eigenvalue weighted by molar-refractivity contribution is 0.0752. The van der Waals surface area contributed by atoms with Gasteiger partial charge in [-0.05, 0) is 18.7 Å². The van der Waals surface area contributed by atoms with E-state index in [2.05, 4.69) is 6.07 Å². The van der Waals surface area contributed by atoms with Crippen molar-refractivity contribution in [3.8, 4) is 0 Å². The fraction of sp³-hybridized carbons (Fsp3) is 0.316. The molecule has 4 rings (SSSR count). The van der Waals surface area contributed by atoms with Gasteiger partial charge in [0.15, 0.2) is 5.76 Å². The first-order valence-electron chi connectivity index (χ1n) is 8.00. The molecule has 1 fully saturated rings. The van der Waals surface area contributed by atoms with E-state index in [0.717, 1.165) is 33.7 Å². The molecule has 0 saturated carbocycles. The summed E-state index contributed by atoms with van der Waals surface area (Å²) in [6.07, 6.45) is 0.852. The van der Waals surface area contributed by atoms with E-state index in [0.29, 0.717) is 18.8 Å². The van der Waals surface area contributed by atoms with Crippen molar-refractivity contribution in [3.05, 3.63) is 47.7 Å². The zero-order valence-corrected chi connectivity index (χ0v) is 13.1. The van der Waals surface area contributed by atoms with Gasteiger partial charge < -0.3 is 14.4 Å². The predicted molar refractivity (Wildman–Crippen MR) is 89.6 cm³/mol. The summed E-state index contributed by atoms with van der Waals surface area (Å²) in [5.74, 6) is 0.540. The van der Waals surface area contributed by atoms with Crippen molar-refractivity contribution >= 4 is 27.6 Å². The lowest BCUT2D eigenvalue weighted by Gasteiger charge is -2.14. The Balaban J connectivity index is 1.80. The molecule has 2 heterocycles. The maximum atomic E-state index is 12.8. The number of hydrogen-bond donors (Lipinski definition) is 1. The van der Waals surface area contributed by atoms with Gasteiger partial charge in [-0.25, -0.2) is 0 Å². The summed E-state index contributed by atoms with van der Waals surface area (Å²) in [6, 6.07) is 12.1. The van der Waals surface area contributed by atoms with Gasteiger partial charge in [0.25, 0.3) is 5.91 Å². The second-order valence-corrected chi connectivity index (χ2v) is 6.31. The van der Waals surface area contributed by atoms with E-state index in [1.165, 1.54) is 0 Å². The molecule has 0 bridgehead atoms. The number of benzene rings is 2. The number of aliphatic hydroxyl groups is 1. The average molecular weight is 309 g/mol. The molecule has 0 spiro atoms. The third kappa shape index (κ3) is 2.21. The summed E-state index contributed by atoms with van der Waals surface area (Å²) in [5, 5.41) is 12.4. The number of rotatable bonds is 2. The highest BCUT2D eigenvalue weighted by Crippen LogP contribution is 2.33. The van der Waals surface area contributed by atoms with Crippen molar-refractivity contribution in [2.24, 2.45) is 5.92 Å². The van der Waals surface area contributed by atoms with Crippen LogP contribution in [-0.2, 0) is 0 Å². The minimum Gasteiger partial charge on any atom is -0.450 e. The summed E-state index contributed by atoms with van der Waals surface area (Å²) in [4.78, 5) is 14.6. The molecule has 1 aromatic heterocycles. The molecule has 4 nitrogen and oxygen atoms in total. The molecule has 1 aliphatic heterocycles. The van der Waals surface area contributed by atoms with Crippen molar-refractivity contribution in [2.75, 3.05) is 19.7 Å². The monoisotopic (exact) mass is 309 g/mol. The molecule has 0 aliphatic carbocycles. The second-order valence-electron chi connectivity index (χ2n) is 6.31. The lowest BCUT2D eigenvalue weighted by atomic mass is 10.1. The van der Waals surface area contributed by atoms with Crippen LogP contribution in [0.25, 0.3) is 21.7 Å². The highest BCUT2D eigenvalue weighted by molar-refractivity contribution is 6.08. The van der Waals surface area contributed by atoms with Crippen molar-refractivity contribution in [3.63, 3.8) is 0 Å². The maximum Gasteiger partial charge on any atom is 0.289 e. The number of amides is 1. The number of aliphatic hydroxyl groups excluding tert-OH is 1. The molecule has 118 valence electrons. The minimum absolute atomic E-state index is 0.0706. The van der Waals surface area contributed by atoms with Crippen LogP contribution in [0.15, 0.2) is 40.8 Å². The smallest absolute Gasteiger partial charge is 0.289 e. The van der Waals surface area contributed by atoms with Gasteiger partial charge in [-0.3, -0.25) is 4.79 Å².